The summed E-state index contributed by atoms with van der Waals surface area (Å²) in [7, 11) is 0. The average molecular weight is 386 g/mol. The Bertz CT molecular complexity index is 1070. The first-order valence-corrected chi connectivity index (χ1v) is 8.61. The predicted molar refractivity (Wildman–Crippen MR) is 95.4 cm³/mol. The summed E-state index contributed by atoms with van der Waals surface area (Å²) >= 11 is 0. The molecule has 1 amide bonds. The van der Waals surface area contributed by atoms with E-state index in [1.807, 2.05) is 0 Å². The number of aliphatic hydroxyl groups excluding tert-OH is 1. The molecule has 0 spiro atoms. The lowest BCUT2D eigenvalue weighted by Gasteiger charge is -2.49. The normalized spacial score (nSPS) is 32.1. The number of rotatable bonds is 1. The number of benzene rings is 2. The number of phenolic OH excluding ortho intramolecular Hbond substituents is 2. The number of aliphatic hydroxyl groups is 2. The number of hydrogen-bond donors (Lipinski definition) is 6. The average Bonchev–Trinajstić information content (AvgIpc) is 2.62. The molecule has 2 aliphatic carbocycles. The molecule has 9 nitrogen and oxygen atoms in total. The standard InChI is InChI=1S/C19H18N2O7/c20-13-8-5-7-4-6-2-1-3-9(22)10(6)14(23)11(7)16(25)19(8,28)17(26)12(15(13)24)18(21)27/h1-4,8,12-13,17,22-23,26,28H,5,20H2,(H2,21,27)/t8?,12?,13?,17?,19-/m0/s1. The third-order valence-electron chi connectivity index (χ3n) is 5.94. The first kappa shape index (κ1) is 18.4. The van der Waals surface area contributed by atoms with E-state index < -0.39 is 52.8 Å². The van der Waals surface area contributed by atoms with Crippen LogP contribution in [0.1, 0.15) is 15.9 Å². The molecule has 28 heavy (non-hydrogen) atoms. The number of primary amides is 1. The summed E-state index contributed by atoms with van der Waals surface area (Å²) < 4.78 is 0. The van der Waals surface area contributed by atoms with Crippen LogP contribution in [0.3, 0.4) is 0 Å². The first-order chi connectivity index (χ1) is 13.1. The van der Waals surface area contributed by atoms with Crippen LogP contribution in [0, 0.1) is 11.8 Å². The van der Waals surface area contributed by atoms with Crippen molar-refractivity contribution in [3.63, 3.8) is 0 Å². The van der Waals surface area contributed by atoms with Crippen LogP contribution < -0.4 is 11.5 Å². The Morgan fingerprint density at radius 1 is 1.21 bits per heavy atom. The minimum Gasteiger partial charge on any atom is -0.507 e. The van der Waals surface area contributed by atoms with Crippen molar-refractivity contribution < 1.29 is 34.8 Å². The zero-order valence-corrected chi connectivity index (χ0v) is 14.5. The number of hydrogen-bond acceptors (Lipinski definition) is 8. The predicted octanol–water partition coefficient (Wildman–Crippen LogP) is -1.29. The molecule has 146 valence electrons. The van der Waals surface area contributed by atoms with Gasteiger partial charge in [0.1, 0.15) is 23.5 Å². The zero-order valence-electron chi connectivity index (χ0n) is 14.5. The maximum atomic E-state index is 13.2. The number of amides is 1. The highest BCUT2D eigenvalue weighted by molar-refractivity contribution is 6.15. The molecule has 0 saturated heterocycles. The fourth-order valence-corrected chi connectivity index (χ4v) is 4.51. The zero-order chi connectivity index (χ0) is 20.5. The van der Waals surface area contributed by atoms with Gasteiger partial charge in [0, 0.05) is 5.92 Å². The van der Waals surface area contributed by atoms with Crippen molar-refractivity contribution in [2.45, 2.75) is 24.2 Å². The Morgan fingerprint density at radius 3 is 2.54 bits per heavy atom. The van der Waals surface area contributed by atoms with E-state index in [1.54, 1.807) is 18.2 Å². The van der Waals surface area contributed by atoms with Gasteiger partial charge in [0.15, 0.2) is 11.4 Å². The molecule has 0 radical (unpaired) electrons. The largest absolute Gasteiger partial charge is 0.507 e. The lowest BCUT2D eigenvalue weighted by Crippen LogP contribution is -2.73. The second kappa shape index (κ2) is 5.74. The highest BCUT2D eigenvalue weighted by Crippen LogP contribution is 2.48. The number of nitrogens with two attached hydrogens (primary N) is 2. The number of fused-ring (bicyclic) bond motifs is 3. The molecule has 1 fully saturated rings. The fourth-order valence-electron chi connectivity index (χ4n) is 4.51. The molecular weight excluding hydrogens is 368 g/mol. The highest BCUT2D eigenvalue weighted by atomic mass is 16.4. The van der Waals surface area contributed by atoms with Gasteiger partial charge >= 0.3 is 0 Å². The Labute approximate surface area is 158 Å². The van der Waals surface area contributed by atoms with Crippen molar-refractivity contribution in [3.8, 4) is 11.5 Å². The first-order valence-electron chi connectivity index (χ1n) is 8.61. The number of ketones is 2. The van der Waals surface area contributed by atoms with E-state index >= 15 is 0 Å². The Hall–Kier alpha value is -3.01. The van der Waals surface area contributed by atoms with Gasteiger partial charge in [0.25, 0.3) is 0 Å². The number of carbonyl (C=O) groups is 3. The summed E-state index contributed by atoms with van der Waals surface area (Å²) in [4.78, 5) is 37.3. The summed E-state index contributed by atoms with van der Waals surface area (Å²) in [6.07, 6.45) is -2.21. The summed E-state index contributed by atoms with van der Waals surface area (Å²) in [5.74, 6) is -7.03. The third-order valence-corrected chi connectivity index (χ3v) is 5.94. The van der Waals surface area contributed by atoms with Gasteiger partial charge in [0.05, 0.1) is 17.0 Å². The number of phenols is 2. The monoisotopic (exact) mass is 386 g/mol. The van der Waals surface area contributed by atoms with Crippen molar-refractivity contribution in [1.82, 2.24) is 0 Å². The van der Waals surface area contributed by atoms with Crippen LogP contribution in [0.5, 0.6) is 11.5 Å². The summed E-state index contributed by atoms with van der Waals surface area (Å²) in [6.45, 7) is 0. The second-order valence-corrected chi connectivity index (χ2v) is 7.35. The lowest BCUT2D eigenvalue weighted by atomic mass is 9.58. The second-order valence-electron chi connectivity index (χ2n) is 7.35. The van der Waals surface area contributed by atoms with E-state index in [-0.39, 0.29) is 23.1 Å². The molecule has 2 aliphatic rings. The van der Waals surface area contributed by atoms with Gasteiger partial charge in [-0.05, 0) is 23.4 Å². The van der Waals surface area contributed by atoms with Crippen LogP contribution in [0.4, 0.5) is 0 Å². The van der Waals surface area contributed by atoms with Crippen LogP contribution in [0.15, 0.2) is 24.3 Å². The Morgan fingerprint density at radius 2 is 1.89 bits per heavy atom. The third kappa shape index (κ3) is 2.09. The molecule has 4 rings (SSSR count). The molecule has 9 heteroatoms. The minimum absolute atomic E-state index is 0.00813. The Balaban J connectivity index is 1.98. The fraction of sp³-hybridized carbons (Fsp3) is 0.316. The van der Waals surface area contributed by atoms with Crippen molar-refractivity contribution in [2.75, 3.05) is 0 Å². The highest BCUT2D eigenvalue weighted by Gasteiger charge is 2.64. The van der Waals surface area contributed by atoms with Crippen LogP contribution in [-0.4, -0.2) is 55.6 Å². The van der Waals surface area contributed by atoms with Crippen LogP contribution in [-0.2, 0) is 16.0 Å². The van der Waals surface area contributed by atoms with Crippen LogP contribution >= 0.6 is 0 Å². The molecule has 5 atom stereocenters. The summed E-state index contributed by atoms with van der Waals surface area (Å²) in [6, 6.07) is 4.63. The van der Waals surface area contributed by atoms with E-state index in [2.05, 4.69) is 0 Å². The van der Waals surface area contributed by atoms with Gasteiger partial charge in [-0.2, -0.15) is 0 Å². The SMILES string of the molecule is NC(=O)C1C(=O)C(N)C2Cc3cc4cccc(O)c4c(O)c3C(=O)[C@]2(O)C1O. The topological polar surface area (TPSA) is 184 Å². The van der Waals surface area contributed by atoms with Crippen molar-refractivity contribution in [3.05, 3.63) is 35.4 Å². The molecule has 2 aromatic carbocycles. The molecule has 0 aliphatic heterocycles. The molecule has 4 unspecified atom stereocenters. The van der Waals surface area contributed by atoms with Crippen LogP contribution in [0.2, 0.25) is 0 Å². The van der Waals surface area contributed by atoms with E-state index in [0.29, 0.717) is 10.9 Å². The van der Waals surface area contributed by atoms with E-state index in [0.717, 1.165) is 0 Å². The molecular formula is C19H18N2O7. The quantitative estimate of drug-likeness (QED) is 0.327. The van der Waals surface area contributed by atoms with Gasteiger partial charge in [-0.1, -0.05) is 18.2 Å². The smallest absolute Gasteiger partial charge is 0.230 e. The van der Waals surface area contributed by atoms with Gasteiger partial charge < -0.3 is 31.9 Å². The lowest BCUT2D eigenvalue weighted by molar-refractivity contribution is -0.166. The van der Waals surface area contributed by atoms with Gasteiger partial charge in [-0.3, -0.25) is 14.4 Å². The summed E-state index contributed by atoms with van der Waals surface area (Å²) in [5.41, 5.74) is 8.52. The van der Waals surface area contributed by atoms with E-state index in [4.69, 9.17) is 11.5 Å². The number of Topliss-reactive ketones (excluding diaryl/α,β-unsaturated/α-hetero) is 2. The minimum atomic E-state index is -2.59. The molecule has 8 N–H and O–H groups in total. The van der Waals surface area contributed by atoms with E-state index in [1.165, 1.54) is 6.07 Å². The van der Waals surface area contributed by atoms with Gasteiger partial charge in [-0.15, -0.1) is 0 Å². The van der Waals surface area contributed by atoms with Crippen molar-refractivity contribution in [2.24, 2.45) is 23.3 Å². The number of aromatic hydroxyl groups is 2. The van der Waals surface area contributed by atoms with Crippen molar-refractivity contribution >= 4 is 28.2 Å². The van der Waals surface area contributed by atoms with Crippen LogP contribution in [0.25, 0.3) is 10.8 Å². The molecule has 0 heterocycles. The molecule has 0 bridgehead atoms. The van der Waals surface area contributed by atoms with Crippen molar-refractivity contribution in [1.29, 1.82) is 0 Å². The van der Waals surface area contributed by atoms with Gasteiger partial charge in [-0.25, -0.2) is 0 Å². The maximum absolute atomic E-state index is 13.2. The Kier molecular flexibility index (Phi) is 3.76. The van der Waals surface area contributed by atoms with E-state index in [9.17, 15) is 34.8 Å². The molecule has 2 aromatic rings. The van der Waals surface area contributed by atoms with Gasteiger partial charge in [0.2, 0.25) is 11.7 Å². The molecule has 1 saturated carbocycles. The molecule has 0 aromatic heterocycles. The maximum Gasteiger partial charge on any atom is 0.230 e. The number of carbonyl (C=O) groups excluding carboxylic acids is 3. The summed E-state index contributed by atoms with van der Waals surface area (Å²) in [5, 5.41) is 42.9.